The molecule has 3 heteroatoms. The van der Waals surface area contributed by atoms with Crippen molar-refractivity contribution in [3.8, 4) is 11.3 Å². The molecule has 2 rings (SSSR count). The van der Waals surface area contributed by atoms with Gasteiger partial charge in [0.2, 0.25) is 0 Å². The van der Waals surface area contributed by atoms with E-state index in [4.69, 9.17) is 5.73 Å². The lowest BCUT2D eigenvalue weighted by molar-refractivity contribution is 0.552. The van der Waals surface area contributed by atoms with E-state index in [0.717, 1.165) is 28.5 Å². The SMILES string of the molecule is Cc1[nH]c(C(C)(C)C)nc1-c1cccc(N)c1. The molecule has 3 N–H and O–H groups in total. The summed E-state index contributed by atoms with van der Waals surface area (Å²) in [5.74, 6) is 1.01. The molecule has 1 aromatic heterocycles. The first-order valence-electron chi connectivity index (χ1n) is 5.81. The summed E-state index contributed by atoms with van der Waals surface area (Å²) in [6.45, 7) is 8.48. The quantitative estimate of drug-likeness (QED) is 0.737. The first-order valence-corrected chi connectivity index (χ1v) is 5.81. The zero-order valence-corrected chi connectivity index (χ0v) is 10.8. The molecule has 0 amide bonds. The third-order valence-corrected chi connectivity index (χ3v) is 2.76. The van der Waals surface area contributed by atoms with Crippen molar-refractivity contribution < 1.29 is 0 Å². The second-order valence-corrected chi connectivity index (χ2v) is 5.43. The van der Waals surface area contributed by atoms with Crippen LogP contribution in [-0.4, -0.2) is 9.97 Å². The summed E-state index contributed by atoms with van der Waals surface area (Å²) in [6.07, 6.45) is 0. The van der Waals surface area contributed by atoms with Crippen LogP contribution < -0.4 is 5.73 Å². The van der Waals surface area contributed by atoms with Crippen molar-refractivity contribution in [3.63, 3.8) is 0 Å². The summed E-state index contributed by atoms with van der Waals surface area (Å²) in [4.78, 5) is 8.03. The van der Waals surface area contributed by atoms with Crippen LogP contribution in [0.4, 0.5) is 5.69 Å². The molecule has 0 unspecified atom stereocenters. The van der Waals surface area contributed by atoms with Crippen LogP contribution in [0.2, 0.25) is 0 Å². The number of aryl methyl sites for hydroxylation is 1. The number of imidazole rings is 1. The molecule has 0 aliphatic heterocycles. The Bertz CT molecular complexity index is 533. The Hall–Kier alpha value is -1.77. The van der Waals surface area contributed by atoms with Gasteiger partial charge in [-0.3, -0.25) is 0 Å². The molecule has 0 bridgehead atoms. The molecule has 0 fully saturated rings. The lowest BCUT2D eigenvalue weighted by Gasteiger charge is -2.13. The average molecular weight is 229 g/mol. The van der Waals surface area contributed by atoms with Gasteiger partial charge in [0, 0.05) is 22.4 Å². The van der Waals surface area contributed by atoms with Crippen molar-refractivity contribution in [1.29, 1.82) is 0 Å². The van der Waals surface area contributed by atoms with Gasteiger partial charge < -0.3 is 10.7 Å². The zero-order chi connectivity index (χ0) is 12.6. The van der Waals surface area contributed by atoms with E-state index in [0.29, 0.717) is 0 Å². The molecule has 2 aromatic rings. The predicted octanol–water partition coefficient (Wildman–Crippen LogP) is 3.26. The van der Waals surface area contributed by atoms with E-state index in [9.17, 15) is 0 Å². The summed E-state index contributed by atoms with van der Waals surface area (Å²) in [5.41, 5.74) is 9.73. The van der Waals surface area contributed by atoms with Gasteiger partial charge in [0.05, 0.1) is 5.69 Å². The monoisotopic (exact) mass is 229 g/mol. The van der Waals surface area contributed by atoms with Crippen LogP contribution >= 0.6 is 0 Å². The fraction of sp³-hybridized carbons (Fsp3) is 0.357. The standard InChI is InChI=1S/C14H19N3/c1-9-12(10-6-5-7-11(15)8-10)17-13(16-9)14(2,3)4/h5-8H,15H2,1-4H3,(H,16,17). The number of hydrogen-bond acceptors (Lipinski definition) is 2. The molecule has 0 spiro atoms. The molecule has 0 atom stereocenters. The van der Waals surface area contributed by atoms with Gasteiger partial charge in [-0.1, -0.05) is 32.9 Å². The Balaban J connectivity index is 2.50. The maximum Gasteiger partial charge on any atom is 0.112 e. The highest BCUT2D eigenvalue weighted by Gasteiger charge is 2.20. The minimum Gasteiger partial charge on any atom is -0.399 e. The highest BCUT2D eigenvalue weighted by atomic mass is 14.9. The molecule has 1 aromatic carbocycles. The smallest absolute Gasteiger partial charge is 0.112 e. The Morgan fingerprint density at radius 3 is 2.47 bits per heavy atom. The molecular formula is C14H19N3. The van der Waals surface area contributed by atoms with Crippen molar-refractivity contribution in [2.75, 3.05) is 5.73 Å². The van der Waals surface area contributed by atoms with Crippen molar-refractivity contribution >= 4 is 5.69 Å². The summed E-state index contributed by atoms with van der Waals surface area (Å²) in [7, 11) is 0. The van der Waals surface area contributed by atoms with Crippen molar-refractivity contribution in [2.45, 2.75) is 33.1 Å². The van der Waals surface area contributed by atoms with E-state index in [-0.39, 0.29) is 5.41 Å². The third-order valence-electron chi connectivity index (χ3n) is 2.76. The number of aromatic nitrogens is 2. The topological polar surface area (TPSA) is 54.7 Å². The van der Waals surface area contributed by atoms with Gasteiger partial charge in [0.15, 0.2) is 0 Å². The Labute approximate surface area is 102 Å². The number of H-pyrrole nitrogens is 1. The fourth-order valence-electron chi connectivity index (χ4n) is 1.78. The third kappa shape index (κ3) is 2.33. The summed E-state index contributed by atoms with van der Waals surface area (Å²) in [6, 6.07) is 7.83. The van der Waals surface area contributed by atoms with Crippen molar-refractivity contribution in [3.05, 3.63) is 35.8 Å². The Morgan fingerprint density at radius 2 is 1.94 bits per heavy atom. The summed E-state index contributed by atoms with van der Waals surface area (Å²) < 4.78 is 0. The number of nitrogens with zero attached hydrogens (tertiary/aromatic N) is 1. The highest BCUT2D eigenvalue weighted by molar-refractivity contribution is 5.66. The number of benzene rings is 1. The molecule has 17 heavy (non-hydrogen) atoms. The number of nitrogen functional groups attached to an aromatic ring is 1. The van der Waals surface area contributed by atoms with Gasteiger partial charge >= 0.3 is 0 Å². The Morgan fingerprint density at radius 1 is 1.24 bits per heavy atom. The van der Waals surface area contributed by atoms with Crippen LogP contribution in [0.5, 0.6) is 0 Å². The molecule has 0 saturated heterocycles. The maximum atomic E-state index is 5.80. The van der Waals surface area contributed by atoms with Crippen LogP contribution in [0.25, 0.3) is 11.3 Å². The number of anilines is 1. The molecule has 90 valence electrons. The Kier molecular flexibility index (Phi) is 2.69. The maximum absolute atomic E-state index is 5.80. The zero-order valence-electron chi connectivity index (χ0n) is 10.8. The second-order valence-electron chi connectivity index (χ2n) is 5.43. The van der Waals surface area contributed by atoms with Crippen LogP contribution in [0.3, 0.4) is 0 Å². The lowest BCUT2D eigenvalue weighted by Crippen LogP contribution is -2.13. The van der Waals surface area contributed by atoms with Gasteiger partial charge in [-0.05, 0) is 19.1 Å². The minimum atomic E-state index is 0.0311. The van der Waals surface area contributed by atoms with E-state index in [1.165, 1.54) is 0 Å². The minimum absolute atomic E-state index is 0.0311. The molecular weight excluding hydrogens is 210 g/mol. The van der Waals surface area contributed by atoms with Crippen LogP contribution in [-0.2, 0) is 5.41 Å². The molecule has 0 aliphatic rings. The van der Waals surface area contributed by atoms with E-state index in [1.54, 1.807) is 0 Å². The molecule has 0 saturated carbocycles. The molecule has 1 heterocycles. The average Bonchev–Trinajstić information content (AvgIpc) is 2.60. The first-order chi connectivity index (χ1) is 7.88. The molecule has 0 aliphatic carbocycles. The van der Waals surface area contributed by atoms with E-state index >= 15 is 0 Å². The second kappa shape index (κ2) is 3.91. The summed E-state index contributed by atoms with van der Waals surface area (Å²) >= 11 is 0. The van der Waals surface area contributed by atoms with Crippen molar-refractivity contribution in [2.24, 2.45) is 0 Å². The number of nitrogens with two attached hydrogens (primary N) is 1. The van der Waals surface area contributed by atoms with E-state index in [1.807, 2.05) is 31.2 Å². The van der Waals surface area contributed by atoms with Crippen LogP contribution in [0.15, 0.2) is 24.3 Å². The normalized spacial score (nSPS) is 11.8. The fourth-order valence-corrected chi connectivity index (χ4v) is 1.78. The number of hydrogen-bond donors (Lipinski definition) is 2. The van der Waals surface area contributed by atoms with Gasteiger partial charge in [-0.15, -0.1) is 0 Å². The van der Waals surface area contributed by atoms with E-state index < -0.39 is 0 Å². The molecule has 0 radical (unpaired) electrons. The summed E-state index contributed by atoms with van der Waals surface area (Å²) in [5, 5.41) is 0. The predicted molar refractivity (Wildman–Crippen MR) is 71.9 cm³/mol. The number of rotatable bonds is 1. The molecule has 3 nitrogen and oxygen atoms in total. The number of aromatic amines is 1. The van der Waals surface area contributed by atoms with Gasteiger partial charge in [0.25, 0.3) is 0 Å². The van der Waals surface area contributed by atoms with Crippen LogP contribution in [0.1, 0.15) is 32.3 Å². The first kappa shape index (κ1) is 11.7. The number of nitrogens with one attached hydrogen (secondary N) is 1. The van der Waals surface area contributed by atoms with Crippen LogP contribution in [0, 0.1) is 6.92 Å². The van der Waals surface area contributed by atoms with Gasteiger partial charge in [-0.2, -0.15) is 0 Å². The van der Waals surface area contributed by atoms with Gasteiger partial charge in [-0.25, -0.2) is 4.98 Å². The largest absolute Gasteiger partial charge is 0.399 e. The van der Waals surface area contributed by atoms with Gasteiger partial charge in [0.1, 0.15) is 5.82 Å². The van der Waals surface area contributed by atoms with E-state index in [2.05, 4.69) is 30.7 Å². The van der Waals surface area contributed by atoms with Crippen molar-refractivity contribution in [1.82, 2.24) is 9.97 Å². The lowest BCUT2D eigenvalue weighted by atomic mass is 9.96. The highest BCUT2D eigenvalue weighted by Crippen LogP contribution is 2.27.